The molecule has 6 heteroatoms. The first-order chi connectivity index (χ1) is 11.5. The van der Waals surface area contributed by atoms with E-state index >= 15 is 0 Å². The molecule has 0 saturated heterocycles. The maximum Gasteiger partial charge on any atom is 0.204 e. The summed E-state index contributed by atoms with van der Waals surface area (Å²) in [5, 5.41) is 1.49. The van der Waals surface area contributed by atoms with Crippen LogP contribution in [0.4, 0.5) is 0 Å². The second-order valence-corrected chi connectivity index (χ2v) is 7.06. The van der Waals surface area contributed by atoms with Gasteiger partial charge in [0.15, 0.2) is 0 Å². The molecule has 0 aliphatic rings. The van der Waals surface area contributed by atoms with Crippen LogP contribution in [0.5, 0.6) is 5.75 Å². The van der Waals surface area contributed by atoms with E-state index in [0.29, 0.717) is 27.8 Å². The van der Waals surface area contributed by atoms with Crippen LogP contribution in [0.2, 0.25) is 5.02 Å². The summed E-state index contributed by atoms with van der Waals surface area (Å²) < 4.78 is 7.35. The van der Waals surface area contributed by atoms with Gasteiger partial charge in [-0.25, -0.2) is 0 Å². The Labute approximate surface area is 149 Å². The largest absolute Gasteiger partial charge is 0.497 e. The minimum atomic E-state index is -0.0631. The molecule has 126 valence electrons. The zero-order valence-corrected chi connectivity index (χ0v) is 15.2. The Balaban J connectivity index is 1.97. The number of halogens is 1. The molecular formula is C18H19ClN2O2S. The number of ketones is 1. The highest BCUT2D eigenvalue weighted by molar-refractivity contribution is 7.20. The Bertz CT molecular complexity index is 898. The van der Waals surface area contributed by atoms with Gasteiger partial charge in [-0.05, 0) is 50.2 Å². The van der Waals surface area contributed by atoms with E-state index in [-0.39, 0.29) is 5.78 Å². The molecule has 4 nitrogen and oxygen atoms in total. The third kappa shape index (κ3) is 3.07. The second kappa shape index (κ2) is 6.97. The third-order valence-corrected chi connectivity index (χ3v) is 5.49. The fourth-order valence-corrected chi connectivity index (χ4v) is 4.19. The van der Waals surface area contributed by atoms with Gasteiger partial charge in [-0.1, -0.05) is 11.6 Å². The SMILES string of the molecule is COc1ccc(C(=O)c2cc3cc(C)n(CCCN)c3s2)c(Cl)c1. The molecule has 0 aliphatic carbocycles. The normalized spacial score (nSPS) is 11.2. The van der Waals surface area contributed by atoms with Crippen LogP contribution in [-0.2, 0) is 6.54 Å². The molecule has 2 heterocycles. The summed E-state index contributed by atoms with van der Waals surface area (Å²) in [5.74, 6) is 0.573. The number of carbonyl (C=O) groups excluding carboxylic acids is 1. The van der Waals surface area contributed by atoms with E-state index in [4.69, 9.17) is 22.1 Å². The lowest BCUT2D eigenvalue weighted by Crippen LogP contribution is -2.06. The van der Waals surface area contributed by atoms with Gasteiger partial charge in [0, 0.05) is 23.2 Å². The number of hydrogen-bond donors (Lipinski definition) is 1. The van der Waals surface area contributed by atoms with Crippen molar-refractivity contribution in [1.82, 2.24) is 4.57 Å². The number of carbonyl (C=O) groups is 1. The van der Waals surface area contributed by atoms with Gasteiger partial charge in [0.2, 0.25) is 5.78 Å². The lowest BCUT2D eigenvalue weighted by molar-refractivity contribution is 0.104. The number of aryl methyl sites for hydroxylation is 2. The summed E-state index contributed by atoms with van der Waals surface area (Å²) >= 11 is 7.73. The van der Waals surface area contributed by atoms with E-state index in [0.717, 1.165) is 23.2 Å². The molecule has 3 aromatic rings. The van der Waals surface area contributed by atoms with Gasteiger partial charge in [-0.2, -0.15) is 0 Å². The van der Waals surface area contributed by atoms with Crippen molar-refractivity contribution in [3.8, 4) is 5.75 Å². The molecule has 0 amide bonds. The zero-order valence-electron chi connectivity index (χ0n) is 13.6. The predicted octanol–water partition coefficient (Wildman–Crippen LogP) is 4.25. The second-order valence-electron chi connectivity index (χ2n) is 5.63. The number of fused-ring (bicyclic) bond motifs is 1. The maximum absolute atomic E-state index is 12.8. The topological polar surface area (TPSA) is 57.2 Å². The minimum Gasteiger partial charge on any atom is -0.497 e. The maximum atomic E-state index is 12.8. The predicted molar refractivity (Wildman–Crippen MR) is 99.7 cm³/mol. The first-order valence-electron chi connectivity index (χ1n) is 7.73. The van der Waals surface area contributed by atoms with Gasteiger partial charge < -0.3 is 15.0 Å². The Morgan fingerprint density at radius 1 is 1.33 bits per heavy atom. The number of nitrogens with zero attached hydrogens (tertiary/aromatic N) is 1. The monoisotopic (exact) mass is 362 g/mol. The number of hydrogen-bond acceptors (Lipinski definition) is 4. The van der Waals surface area contributed by atoms with E-state index < -0.39 is 0 Å². The van der Waals surface area contributed by atoms with Crippen molar-refractivity contribution in [1.29, 1.82) is 0 Å². The highest BCUT2D eigenvalue weighted by Gasteiger charge is 2.18. The van der Waals surface area contributed by atoms with Crippen LogP contribution in [0.3, 0.4) is 0 Å². The van der Waals surface area contributed by atoms with Crippen LogP contribution in [0.1, 0.15) is 27.3 Å². The molecule has 0 bridgehead atoms. The molecule has 2 aromatic heterocycles. The average molecular weight is 363 g/mol. The van der Waals surface area contributed by atoms with E-state index in [2.05, 4.69) is 17.6 Å². The minimum absolute atomic E-state index is 0.0631. The quantitative estimate of drug-likeness (QED) is 0.667. The van der Waals surface area contributed by atoms with Gasteiger partial charge in [-0.15, -0.1) is 11.3 Å². The molecule has 0 unspecified atom stereocenters. The molecule has 2 N–H and O–H groups in total. The molecule has 0 atom stereocenters. The molecule has 1 aromatic carbocycles. The number of methoxy groups -OCH3 is 1. The lowest BCUT2D eigenvalue weighted by Gasteiger charge is -2.06. The summed E-state index contributed by atoms with van der Waals surface area (Å²) in [6.45, 7) is 3.59. The molecule has 0 aliphatic heterocycles. The van der Waals surface area contributed by atoms with Crippen LogP contribution in [0.15, 0.2) is 30.3 Å². The summed E-state index contributed by atoms with van der Waals surface area (Å²) in [5.41, 5.74) is 7.30. The first kappa shape index (κ1) is 17.0. The summed E-state index contributed by atoms with van der Waals surface area (Å²) in [6.07, 6.45) is 0.913. The lowest BCUT2D eigenvalue weighted by atomic mass is 10.1. The molecule has 0 radical (unpaired) electrons. The molecular weight excluding hydrogens is 344 g/mol. The van der Waals surface area contributed by atoms with Crippen LogP contribution < -0.4 is 10.5 Å². The summed E-state index contributed by atoms with van der Waals surface area (Å²) in [7, 11) is 1.57. The standard InChI is InChI=1S/C18H19ClN2O2S/c1-11-8-12-9-16(24-18(12)21(11)7-3-6-20)17(22)14-5-4-13(23-2)10-15(14)19/h4-5,8-10H,3,6-7,20H2,1-2H3. The number of thiophene rings is 1. The molecule has 0 spiro atoms. The van der Waals surface area contributed by atoms with Crippen molar-refractivity contribution in [2.75, 3.05) is 13.7 Å². The Kier molecular flexibility index (Phi) is 4.94. The fourth-order valence-electron chi connectivity index (χ4n) is 2.75. The van der Waals surface area contributed by atoms with Gasteiger partial charge in [0.25, 0.3) is 0 Å². The smallest absolute Gasteiger partial charge is 0.204 e. The van der Waals surface area contributed by atoms with Crippen LogP contribution in [-0.4, -0.2) is 24.0 Å². The van der Waals surface area contributed by atoms with Gasteiger partial charge in [-0.3, -0.25) is 4.79 Å². The van der Waals surface area contributed by atoms with Crippen molar-refractivity contribution in [3.05, 3.63) is 51.5 Å². The highest BCUT2D eigenvalue weighted by atomic mass is 35.5. The molecule has 0 fully saturated rings. The summed E-state index contributed by atoms with van der Waals surface area (Å²) in [4.78, 5) is 14.6. The zero-order chi connectivity index (χ0) is 17.3. The summed E-state index contributed by atoms with van der Waals surface area (Å²) in [6, 6.07) is 9.16. The van der Waals surface area contributed by atoms with Crippen molar-refractivity contribution in [2.45, 2.75) is 19.9 Å². The van der Waals surface area contributed by atoms with E-state index in [1.54, 1.807) is 25.3 Å². The average Bonchev–Trinajstić information content (AvgIpc) is 3.09. The Hall–Kier alpha value is -1.82. The van der Waals surface area contributed by atoms with Crippen molar-refractivity contribution in [3.63, 3.8) is 0 Å². The van der Waals surface area contributed by atoms with Gasteiger partial charge in [0.05, 0.1) is 17.0 Å². The van der Waals surface area contributed by atoms with Crippen LogP contribution in [0, 0.1) is 6.92 Å². The fraction of sp³-hybridized carbons (Fsp3) is 0.278. The third-order valence-electron chi connectivity index (χ3n) is 4.01. The first-order valence-corrected chi connectivity index (χ1v) is 8.92. The van der Waals surface area contributed by atoms with Crippen molar-refractivity contribution < 1.29 is 9.53 Å². The van der Waals surface area contributed by atoms with E-state index in [1.807, 2.05) is 6.07 Å². The Morgan fingerprint density at radius 3 is 2.79 bits per heavy atom. The number of ether oxygens (including phenoxy) is 1. The van der Waals surface area contributed by atoms with Crippen molar-refractivity contribution in [2.24, 2.45) is 5.73 Å². The number of rotatable bonds is 6. The van der Waals surface area contributed by atoms with Crippen LogP contribution >= 0.6 is 22.9 Å². The van der Waals surface area contributed by atoms with Gasteiger partial charge in [0.1, 0.15) is 10.6 Å². The number of aromatic nitrogens is 1. The Morgan fingerprint density at radius 2 is 2.12 bits per heavy atom. The van der Waals surface area contributed by atoms with Gasteiger partial charge >= 0.3 is 0 Å². The van der Waals surface area contributed by atoms with E-state index in [9.17, 15) is 4.79 Å². The number of nitrogens with two attached hydrogens (primary N) is 1. The van der Waals surface area contributed by atoms with Crippen molar-refractivity contribution >= 4 is 38.9 Å². The van der Waals surface area contributed by atoms with Crippen LogP contribution in [0.25, 0.3) is 10.2 Å². The molecule has 3 rings (SSSR count). The molecule has 0 saturated carbocycles. The highest BCUT2D eigenvalue weighted by Crippen LogP contribution is 2.32. The number of benzene rings is 1. The van der Waals surface area contributed by atoms with E-state index in [1.165, 1.54) is 17.0 Å². The molecule has 24 heavy (non-hydrogen) atoms.